The number of hydrogen-bond acceptors (Lipinski definition) is 3. The molecule has 1 aliphatic heterocycles. The van der Waals surface area contributed by atoms with Crippen molar-refractivity contribution in [3.8, 4) is 11.1 Å². The molecule has 32 heavy (non-hydrogen) atoms. The molecule has 1 amide bonds. The van der Waals surface area contributed by atoms with E-state index in [9.17, 15) is 4.79 Å². The maximum absolute atomic E-state index is 13.4. The number of hydrogen-bond donors (Lipinski definition) is 0. The lowest BCUT2D eigenvalue weighted by Crippen LogP contribution is -2.35. The summed E-state index contributed by atoms with van der Waals surface area (Å²) in [5.74, 6) is 0.0651. The van der Waals surface area contributed by atoms with Crippen molar-refractivity contribution in [2.75, 3.05) is 13.2 Å². The number of amides is 1. The smallest absolute Gasteiger partial charge is 0.228 e. The van der Waals surface area contributed by atoms with E-state index < -0.39 is 0 Å². The Kier molecular flexibility index (Phi) is 5.95. The average Bonchev–Trinajstić information content (AvgIpc) is 3.39. The highest BCUT2D eigenvalue weighted by atomic mass is 16.5. The Bertz CT molecular complexity index is 1220. The van der Waals surface area contributed by atoms with Gasteiger partial charge in [-0.15, -0.1) is 0 Å². The molecule has 4 heteroatoms. The van der Waals surface area contributed by atoms with Gasteiger partial charge in [-0.2, -0.15) is 0 Å². The van der Waals surface area contributed by atoms with Crippen LogP contribution in [0.15, 0.2) is 91.0 Å². The Morgan fingerprint density at radius 1 is 0.875 bits per heavy atom. The highest BCUT2D eigenvalue weighted by molar-refractivity contribution is 5.80. The second kappa shape index (κ2) is 9.33. The van der Waals surface area contributed by atoms with Gasteiger partial charge in [0, 0.05) is 18.5 Å². The Hall–Kier alpha value is -3.50. The Balaban J connectivity index is 1.42. The Labute approximate surface area is 188 Å². The third-order valence-electron chi connectivity index (χ3n) is 6.01. The van der Waals surface area contributed by atoms with Crippen molar-refractivity contribution in [1.82, 2.24) is 9.88 Å². The number of carbonyl (C=O) groups is 1. The largest absolute Gasteiger partial charge is 0.381 e. The molecule has 1 unspecified atom stereocenters. The topological polar surface area (TPSA) is 42.4 Å². The van der Waals surface area contributed by atoms with Crippen molar-refractivity contribution in [1.29, 1.82) is 0 Å². The number of nitrogens with zero attached hydrogens (tertiary/aromatic N) is 2. The molecule has 160 valence electrons. The zero-order chi connectivity index (χ0) is 21.8. The second-order valence-electron chi connectivity index (χ2n) is 8.32. The second-order valence-corrected chi connectivity index (χ2v) is 8.32. The van der Waals surface area contributed by atoms with Crippen molar-refractivity contribution < 1.29 is 9.53 Å². The fraction of sp³-hybridized carbons (Fsp3) is 0.214. The number of fused-ring (bicyclic) bond motifs is 1. The quantitative estimate of drug-likeness (QED) is 0.414. The van der Waals surface area contributed by atoms with Crippen molar-refractivity contribution >= 4 is 16.8 Å². The Morgan fingerprint density at radius 2 is 1.69 bits per heavy atom. The van der Waals surface area contributed by atoms with Gasteiger partial charge in [0.1, 0.15) is 0 Å². The number of carbonyl (C=O) groups excluding carboxylic acids is 1. The molecule has 2 heterocycles. The number of para-hydroxylation sites is 1. The lowest BCUT2D eigenvalue weighted by molar-refractivity contribution is -0.136. The molecule has 0 bridgehead atoms. The fourth-order valence-corrected chi connectivity index (χ4v) is 4.29. The summed E-state index contributed by atoms with van der Waals surface area (Å²) in [5.41, 5.74) is 5.29. The minimum Gasteiger partial charge on any atom is -0.381 e. The molecular weight excluding hydrogens is 396 g/mol. The predicted molar refractivity (Wildman–Crippen MR) is 127 cm³/mol. The molecule has 3 aromatic carbocycles. The van der Waals surface area contributed by atoms with Gasteiger partial charge in [-0.05, 0) is 41.3 Å². The Morgan fingerprint density at radius 3 is 2.53 bits per heavy atom. The molecule has 1 saturated heterocycles. The predicted octanol–water partition coefficient (Wildman–Crippen LogP) is 5.47. The SMILES string of the molecule is O=C(C1CCOC1)N(Cc1cccc(-c2ccccc2)c1)Cc1ccc2ccccc2n1. The van der Waals surface area contributed by atoms with Gasteiger partial charge in [0.05, 0.1) is 30.3 Å². The van der Waals surface area contributed by atoms with Gasteiger partial charge < -0.3 is 9.64 Å². The van der Waals surface area contributed by atoms with E-state index in [1.165, 1.54) is 5.56 Å². The summed E-state index contributed by atoms with van der Waals surface area (Å²) < 4.78 is 5.50. The minimum absolute atomic E-state index is 0.0761. The van der Waals surface area contributed by atoms with Gasteiger partial charge in [-0.25, -0.2) is 0 Å². The molecule has 0 saturated carbocycles. The molecular formula is C28H26N2O2. The number of ether oxygens (including phenoxy) is 1. The summed E-state index contributed by atoms with van der Waals surface area (Å²) in [5, 5.41) is 1.11. The molecule has 1 atom stereocenters. The molecule has 0 aliphatic carbocycles. The van der Waals surface area contributed by atoms with E-state index in [0.29, 0.717) is 26.3 Å². The van der Waals surface area contributed by atoms with Crippen LogP contribution in [0.1, 0.15) is 17.7 Å². The van der Waals surface area contributed by atoms with Gasteiger partial charge in [-0.3, -0.25) is 9.78 Å². The van der Waals surface area contributed by atoms with Crippen LogP contribution in [0.3, 0.4) is 0 Å². The first-order chi connectivity index (χ1) is 15.8. The first kappa shape index (κ1) is 20.4. The van der Waals surface area contributed by atoms with Gasteiger partial charge in [0.25, 0.3) is 0 Å². The molecule has 5 rings (SSSR count). The van der Waals surface area contributed by atoms with E-state index in [1.807, 2.05) is 47.4 Å². The van der Waals surface area contributed by atoms with Gasteiger partial charge in [-0.1, -0.05) is 72.8 Å². The molecule has 1 aliphatic rings. The number of benzene rings is 3. The molecule has 0 N–H and O–H groups in total. The van der Waals surface area contributed by atoms with E-state index >= 15 is 0 Å². The number of rotatable bonds is 6. The molecule has 4 nitrogen and oxygen atoms in total. The van der Waals surface area contributed by atoms with Crippen LogP contribution in [0.5, 0.6) is 0 Å². The third kappa shape index (κ3) is 4.56. The summed E-state index contributed by atoms with van der Waals surface area (Å²) >= 11 is 0. The van der Waals surface area contributed by atoms with Gasteiger partial charge >= 0.3 is 0 Å². The first-order valence-electron chi connectivity index (χ1n) is 11.1. The number of aromatic nitrogens is 1. The summed E-state index contributed by atoms with van der Waals surface area (Å²) in [6, 6.07) is 30.9. The lowest BCUT2D eigenvalue weighted by Gasteiger charge is -2.25. The highest BCUT2D eigenvalue weighted by Crippen LogP contribution is 2.23. The summed E-state index contributed by atoms with van der Waals surface area (Å²) in [6.07, 6.45) is 0.782. The van der Waals surface area contributed by atoms with E-state index in [-0.39, 0.29) is 11.8 Å². The van der Waals surface area contributed by atoms with Crippen molar-refractivity contribution in [2.24, 2.45) is 5.92 Å². The van der Waals surface area contributed by atoms with Crippen molar-refractivity contribution in [3.63, 3.8) is 0 Å². The van der Waals surface area contributed by atoms with Crippen LogP contribution < -0.4 is 0 Å². The number of pyridine rings is 1. The first-order valence-corrected chi connectivity index (χ1v) is 11.1. The van der Waals surface area contributed by atoms with Crippen LogP contribution in [-0.4, -0.2) is 29.0 Å². The summed E-state index contributed by atoms with van der Waals surface area (Å²) in [7, 11) is 0. The molecule has 1 fully saturated rings. The standard InChI is InChI=1S/C28H26N2O2/c31-28(25-15-16-32-20-25)30(19-26-14-13-23-10-4-5-12-27(23)29-26)18-21-7-6-11-24(17-21)22-8-2-1-3-9-22/h1-14,17,25H,15-16,18-20H2. The third-order valence-corrected chi connectivity index (χ3v) is 6.01. The minimum atomic E-state index is -0.0761. The highest BCUT2D eigenvalue weighted by Gasteiger charge is 2.28. The van der Waals surface area contributed by atoms with E-state index in [2.05, 4.69) is 48.5 Å². The monoisotopic (exact) mass is 422 g/mol. The fourth-order valence-electron chi connectivity index (χ4n) is 4.29. The van der Waals surface area contributed by atoms with E-state index in [4.69, 9.17) is 9.72 Å². The van der Waals surface area contributed by atoms with E-state index in [0.717, 1.165) is 34.1 Å². The average molecular weight is 423 g/mol. The normalized spacial score (nSPS) is 15.7. The molecule has 1 aromatic heterocycles. The van der Waals surface area contributed by atoms with Crippen LogP contribution in [0.4, 0.5) is 0 Å². The summed E-state index contributed by atoms with van der Waals surface area (Å²) in [4.78, 5) is 20.1. The van der Waals surface area contributed by atoms with Crippen molar-refractivity contribution in [3.05, 3.63) is 102 Å². The lowest BCUT2D eigenvalue weighted by atomic mass is 10.0. The van der Waals surface area contributed by atoms with Gasteiger partial charge in [0.2, 0.25) is 5.91 Å². The zero-order valence-electron chi connectivity index (χ0n) is 18.0. The zero-order valence-corrected chi connectivity index (χ0v) is 18.0. The van der Waals surface area contributed by atoms with Gasteiger partial charge in [0.15, 0.2) is 0 Å². The van der Waals surface area contributed by atoms with Crippen LogP contribution >= 0.6 is 0 Å². The van der Waals surface area contributed by atoms with Crippen molar-refractivity contribution in [2.45, 2.75) is 19.5 Å². The van der Waals surface area contributed by atoms with Crippen LogP contribution in [0.25, 0.3) is 22.0 Å². The molecule has 4 aromatic rings. The van der Waals surface area contributed by atoms with Crippen LogP contribution in [0, 0.1) is 5.92 Å². The van der Waals surface area contributed by atoms with Crippen LogP contribution in [0.2, 0.25) is 0 Å². The molecule has 0 spiro atoms. The maximum atomic E-state index is 13.4. The van der Waals surface area contributed by atoms with Crippen LogP contribution in [-0.2, 0) is 22.6 Å². The molecule has 0 radical (unpaired) electrons. The summed E-state index contributed by atoms with van der Waals surface area (Å²) in [6.45, 7) is 2.19. The van der Waals surface area contributed by atoms with E-state index in [1.54, 1.807) is 0 Å². The maximum Gasteiger partial charge on any atom is 0.228 e.